The third-order valence-corrected chi connectivity index (χ3v) is 5.63. The van der Waals surface area contributed by atoms with Crippen molar-refractivity contribution in [1.29, 1.82) is 0 Å². The SMILES string of the molecule is O=[N+]([O-])c1ccc(SS(=O)(=O)c2ccccc2)cc1. The van der Waals surface area contributed by atoms with Crippen LogP contribution in [0.2, 0.25) is 0 Å². The zero-order valence-corrected chi connectivity index (χ0v) is 11.2. The summed E-state index contributed by atoms with van der Waals surface area (Å²) in [5, 5.41) is 10.5. The fraction of sp³-hybridized carbons (Fsp3) is 0. The maximum absolute atomic E-state index is 12.0. The van der Waals surface area contributed by atoms with Crippen LogP contribution in [-0.4, -0.2) is 13.3 Å². The lowest BCUT2D eigenvalue weighted by Crippen LogP contribution is -1.94. The Hall–Kier alpha value is -1.86. The Kier molecular flexibility index (Phi) is 3.87. The summed E-state index contributed by atoms with van der Waals surface area (Å²) in [6, 6.07) is 13.4. The number of benzene rings is 2. The molecule has 0 aliphatic rings. The normalized spacial score (nSPS) is 11.2. The summed E-state index contributed by atoms with van der Waals surface area (Å²) in [6.07, 6.45) is 0. The van der Waals surface area contributed by atoms with Crippen molar-refractivity contribution in [1.82, 2.24) is 0 Å². The molecule has 2 aromatic carbocycles. The molecule has 0 aromatic heterocycles. The molecule has 0 saturated heterocycles. The summed E-state index contributed by atoms with van der Waals surface area (Å²) < 4.78 is 24.1. The Labute approximate surface area is 113 Å². The molecule has 0 spiro atoms. The second-order valence-corrected chi connectivity index (χ2v) is 7.44. The summed E-state index contributed by atoms with van der Waals surface area (Å²) >= 11 is 0. The molecule has 0 saturated carbocycles. The number of nitro groups is 1. The highest BCUT2D eigenvalue weighted by Crippen LogP contribution is 2.31. The van der Waals surface area contributed by atoms with Gasteiger partial charge in [0.05, 0.1) is 9.82 Å². The monoisotopic (exact) mass is 295 g/mol. The second kappa shape index (κ2) is 5.41. The van der Waals surface area contributed by atoms with Crippen molar-refractivity contribution in [2.45, 2.75) is 9.79 Å². The lowest BCUT2D eigenvalue weighted by atomic mass is 10.3. The maximum Gasteiger partial charge on any atom is 0.269 e. The van der Waals surface area contributed by atoms with E-state index in [4.69, 9.17) is 0 Å². The van der Waals surface area contributed by atoms with E-state index < -0.39 is 13.8 Å². The van der Waals surface area contributed by atoms with E-state index >= 15 is 0 Å². The van der Waals surface area contributed by atoms with Crippen LogP contribution in [0, 0.1) is 10.1 Å². The molecule has 0 radical (unpaired) electrons. The van der Waals surface area contributed by atoms with Gasteiger partial charge in [0, 0.05) is 27.8 Å². The second-order valence-electron chi connectivity index (χ2n) is 3.60. The van der Waals surface area contributed by atoms with Gasteiger partial charge in [-0.15, -0.1) is 0 Å². The van der Waals surface area contributed by atoms with E-state index in [0.717, 1.165) is 0 Å². The third kappa shape index (κ3) is 3.33. The molecule has 0 N–H and O–H groups in total. The summed E-state index contributed by atoms with van der Waals surface area (Å²) in [5.74, 6) is 0. The van der Waals surface area contributed by atoms with Crippen LogP contribution < -0.4 is 0 Å². The maximum atomic E-state index is 12.0. The largest absolute Gasteiger partial charge is 0.269 e. The molecule has 0 heterocycles. The van der Waals surface area contributed by atoms with Crippen molar-refractivity contribution < 1.29 is 13.3 Å². The Bertz CT molecular complexity index is 681. The van der Waals surface area contributed by atoms with Crippen molar-refractivity contribution in [3.05, 3.63) is 64.7 Å². The van der Waals surface area contributed by atoms with E-state index in [1.165, 1.54) is 36.4 Å². The van der Waals surface area contributed by atoms with Gasteiger partial charge in [-0.05, 0) is 24.3 Å². The van der Waals surface area contributed by atoms with Gasteiger partial charge in [0.1, 0.15) is 0 Å². The van der Waals surface area contributed by atoms with Crippen LogP contribution >= 0.6 is 10.8 Å². The van der Waals surface area contributed by atoms with Gasteiger partial charge >= 0.3 is 0 Å². The highest BCUT2D eigenvalue weighted by molar-refractivity contribution is 8.72. The lowest BCUT2D eigenvalue weighted by molar-refractivity contribution is -0.384. The molecule has 0 aliphatic carbocycles. The van der Waals surface area contributed by atoms with Gasteiger partial charge in [-0.1, -0.05) is 18.2 Å². The highest BCUT2D eigenvalue weighted by Gasteiger charge is 2.16. The lowest BCUT2D eigenvalue weighted by Gasteiger charge is -2.03. The van der Waals surface area contributed by atoms with E-state index in [1.54, 1.807) is 18.2 Å². The minimum Gasteiger partial charge on any atom is -0.258 e. The first kappa shape index (κ1) is 13.6. The predicted octanol–water partition coefficient (Wildman–Crippen LogP) is 3.08. The fourth-order valence-electron chi connectivity index (χ4n) is 1.39. The molecule has 0 bridgehead atoms. The molecule has 19 heavy (non-hydrogen) atoms. The molecule has 0 unspecified atom stereocenters. The van der Waals surface area contributed by atoms with Crippen molar-refractivity contribution >= 4 is 25.4 Å². The molecular weight excluding hydrogens is 286 g/mol. The molecule has 7 heteroatoms. The smallest absolute Gasteiger partial charge is 0.258 e. The van der Waals surface area contributed by atoms with Gasteiger partial charge in [0.2, 0.25) is 8.87 Å². The molecule has 0 fully saturated rings. The molecular formula is C12H9NO4S2. The standard InChI is InChI=1S/C12H9NO4S2/c14-13(15)10-6-8-11(9-7-10)18-19(16,17)12-4-2-1-3-5-12/h1-9H. The van der Waals surface area contributed by atoms with Crippen LogP contribution in [0.3, 0.4) is 0 Å². The van der Waals surface area contributed by atoms with Gasteiger partial charge in [-0.25, -0.2) is 8.42 Å². The first-order valence-electron chi connectivity index (χ1n) is 5.23. The van der Waals surface area contributed by atoms with Gasteiger partial charge in [0.15, 0.2) is 0 Å². The minimum atomic E-state index is -3.50. The highest BCUT2D eigenvalue weighted by atomic mass is 33.1. The number of hydrogen-bond donors (Lipinski definition) is 0. The van der Waals surface area contributed by atoms with E-state index in [0.29, 0.717) is 15.7 Å². The van der Waals surface area contributed by atoms with Gasteiger partial charge in [-0.2, -0.15) is 0 Å². The van der Waals surface area contributed by atoms with Crippen LogP contribution in [0.25, 0.3) is 0 Å². The van der Waals surface area contributed by atoms with E-state index in [2.05, 4.69) is 0 Å². The summed E-state index contributed by atoms with van der Waals surface area (Å²) in [6.45, 7) is 0. The van der Waals surface area contributed by atoms with Gasteiger partial charge in [0.25, 0.3) is 5.69 Å². The van der Waals surface area contributed by atoms with Gasteiger partial charge in [-0.3, -0.25) is 10.1 Å². The first-order chi connectivity index (χ1) is 8.99. The molecule has 0 atom stereocenters. The molecule has 2 rings (SSSR count). The number of nitrogens with zero attached hydrogens (tertiary/aromatic N) is 1. The van der Waals surface area contributed by atoms with E-state index in [1.807, 2.05) is 0 Å². The topological polar surface area (TPSA) is 77.3 Å². The summed E-state index contributed by atoms with van der Waals surface area (Å²) in [4.78, 5) is 10.6. The van der Waals surface area contributed by atoms with Crippen molar-refractivity contribution in [3.8, 4) is 0 Å². The predicted molar refractivity (Wildman–Crippen MR) is 72.6 cm³/mol. The Morgan fingerprint density at radius 2 is 1.53 bits per heavy atom. The van der Waals surface area contributed by atoms with Gasteiger partial charge < -0.3 is 0 Å². The molecule has 0 amide bonds. The van der Waals surface area contributed by atoms with E-state index in [9.17, 15) is 18.5 Å². The minimum absolute atomic E-state index is 0.0681. The van der Waals surface area contributed by atoms with Crippen LogP contribution in [0.4, 0.5) is 5.69 Å². The quantitative estimate of drug-likeness (QED) is 0.492. The molecule has 98 valence electrons. The van der Waals surface area contributed by atoms with Crippen LogP contribution in [-0.2, 0) is 8.87 Å². The fourth-order valence-corrected chi connectivity index (χ4v) is 4.19. The number of rotatable bonds is 4. The van der Waals surface area contributed by atoms with Crippen molar-refractivity contribution in [2.24, 2.45) is 0 Å². The van der Waals surface area contributed by atoms with Crippen LogP contribution in [0.5, 0.6) is 0 Å². The first-order valence-corrected chi connectivity index (χ1v) is 8.05. The van der Waals surface area contributed by atoms with Crippen LogP contribution in [0.15, 0.2) is 64.4 Å². The Morgan fingerprint density at radius 1 is 0.947 bits per heavy atom. The number of hydrogen-bond acceptors (Lipinski definition) is 5. The molecule has 2 aromatic rings. The molecule has 0 aliphatic heterocycles. The number of nitro benzene ring substituents is 1. The van der Waals surface area contributed by atoms with E-state index in [-0.39, 0.29) is 10.6 Å². The zero-order valence-electron chi connectivity index (χ0n) is 9.59. The summed E-state index contributed by atoms with van der Waals surface area (Å²) in [5.41, 5.74) is -0.0681. The average Bonchev–Trinajstić information content (AvgIpc) is 2.40. The third-order valence-electron chi connectivity index (χ3n) is 2.29. The number of non-ortho nitro benzene ring substituents is 1. The van der Waals surface area contributed by atoms with Crippen molar-refractivity contribution in [2.75, 3.05) is 0 Å². The Balaban J connectivity index is 2.24. The Morgan fingerprint density at radius 3 is 2.05 bits per heavy atom. The van der Waals surface area contributed by atoms with Crippen LogP contribution in [0.1, 0.15) is 0 Å². The average molecular weight is 295 g/mol. The van der Waals surface area contributed by atoms with Crippen molar-refractivity contribution in [3.63, 3.8) is 0 Å². The zero-order chi connectivity index (χ0) is 13.9. The molecule has 5 nitrogen and oxygen atoms in total. The summed E-state index contributed by atoms with van der Waals surface area (Å²) in [7, 11) is -2.83.